The first-order valence-electron chi connectivity index (χ1n) is 7.33. The Balaban J connectivity index is 1.98. The van der Waals surface area contributed by atoms with E-state index < -0.39 is 12.1 Å². The molecule has 2 aromatic carbocycles. The predicted octanol–water partition coefficient (Wildman–Crippen LogP) is 3.63. The van der Waals surface area contributed by atoms with Crippen LogP contribution < -0.4 is 0 Å². The quantitative estimate of drug-likeness (QED) is 0.526. The van der Waals surface area contributed by atoms with Gasteiger partial charge in [-0.2, -0.15) is 0 Å². The molecule has 6 heteroatoms. The van der Waals surface area contributed by atoms with Gasteiger partial charge in [0, 0.05) is 17.2 Å². The lowest BCUT2D eigenvalue weighted by atomic mass is 10.2. The average Bonchev–Trinajstić information content (AvgIpc) is 2.54. The van der Waals surface area contributed by atoms with Gasteiger partial charge in [0.05, 0.1) is 5.56 Å². The number of carbonyl (C=O) groups is 2. The first-order chi connectivity index (χ1) is 11.4. The summed E-state index contributed by atoms with van der Waals surface area (Å²) in [6.07, 6.45) is -0.924. The summed E-state index contributed by atoms with van der Waals surface area (Å²) in [5.74, 6) is -1.25. The smallest absolute Gasteiger partial charge is 0.339 e. The topological polar surface area (TPSA) is 46.6 Å². The summed E-state index contributed by atoms with van der Waals surface area (Å²) in [4.78, 5) is 25.9. The maximum atomic E-state index is 13.2. The molecule has 0 aromatic heterocycles. The number of ether oxygens (including phenoxy) is 1. The molecule has 1 unspecified atom stereocenters. The van der Waals surface area contributed by atoms with Crippen LogP contribution in [-0.4, -0.2) is 29.9 Å². The second-order valence-corrected chi connectivity index (χ2v) is 6.51. The molecular weight excluding hydrogens is 424 g/mol. The molecule has 1 atom stereocenters. The Bertz CT molecular complexity index is 751. The van der Waals surface area contributed by atoms with Crippen LogP contribution in [0.4, 0.5) is 4.39 Å². The summed E-state index contributed by atoms with van der Waals surface area (Å²) in [6.45, 7) is 1.76. The maximum Gasteiger partial charge on any atom is 0.339 e. The predicted molar refractivity (Wildman–Crippen MR) is 96.9 cm³/mol. The Kier molecular flexibility index (Phi) is 6.30. The molecule has 0 radical (unpaired) electrons. The van der Waals surface area contributed by atoms with E-state index in [1.807, 2.05) is 28.7 Å². The largest absolute Gasteiger partial charge is 0.449 e. The van der Waals surface area contributed by atoms with Crippen molar-refractivity contribution in [2.24, 2.45) is 0 Å². The molecule has 0 heterocycles. The molecule has 0 saturated heterocycles. The highest BCUT2D eigenvalue weighted by Crippen LogP contribution is 2.14. The average molecular weight is 441 g/mol. The summed E-state index contributed by atoms with van der Waals surface area (Å²) in [5, 5.41) is 0. The number of nitrogens with zero attached hydrogens (tertiary/aromatic N) is 1. The van der Waals surface area contributed by atoms with Crippen LogP contribution in [0.5, 0.6) is 0 Å². The number of rotatable bonds is 5. The molecule has 2 aromatic rings. The zero-order valence-corrected chi connectivity index (χ0v) is 15.5. The van der Waals surface area contributed by atoms with Gasteiger partial charge in [-0.15, -0.1) is 0 Å². The van der Waals surface area contributed by atoms with E-state index in [1.54, 1.807) is 37.4 Å². The van der Waals surface area contributed by atoms with Gasteiger partial charge < -0.3 is 9.64 Å². The number of hydrogen-bond donors (Lipinski definition) is 0. The van der Waals surface area contributed by atoms with E-state index in [4.69, 9.17) is 4.74 Å². The van der Waals surface area contributed by atoms with Crippen molar-refractivity contribution in [1.29, 1.82) is 0 Å². The lowest BCUT2D eigenvalue weighted by molar-refractivity contribution is -0.139. The second-order valence-electron chi connectivity index (χ2n) is 5.35. The van der Waals surface area contributed by atoms with Gasteiger partial charge in [-0.3, -0.25) is 4.79 Å². The summed E-state index contributed by atoms with van der Waals surface area (Å²) in [7, 11) is 1.59. The molecule has 0 spiro atoms. The van der Waals surface area contributed by atoms with Gasteiger partial charge >= 0.3 is 5.97 Å². The van der Waals surface area contributed by atoms with Crippen LogP contribution in [0.3, 0.4) is 0 Å². The zero-order valence-electron chi connectivity index (χ0n) is 13.3. The molecule has 0 aliphatic rings. The maximum absolute atomic E-state index is 13.2. The third kappa shape index (κ3) is 4.77. The number of benzene rings is 2. The van der Waals surface area contributed by atoms with Gasteiger partial charge in [-0.05, 0) is 59.3 Å². The van der Waals surface area contributed by atoms with E-state index in [0.29, 0.717) is 11.1 Å². The number of halogens is 2. The third-order valence-corrected chi connectivity index (χ3v) is 4.35. The molecule has 0 N–H and O–H groups in total. The van der Waals surface area contributed by atoms with Crippen LogP contribution in [0.1, 0.15) is 22.8 Å². The van der Waals surface area contributed by atoms with Crippen LogP contribution in [0.25, 0.3) is 0 Å². The monoisotopic (exact) mass is 441 g/mol. The van der Waals surface area contributed by atoms with Crippen molar-refractivity contribution >= 4 is 34.5 Å². The molecule has 126 valence electrons. The number of carbonyl (C=O) groups excluding carboxylic acids is 2. The van der Waals surface area contributed by atoms with Crippen molar-refractivity contribution < 1.29 is 18.7 Å². The summed E-state index contributed by atoms with van der Waals surface area (Å²) in [5.41, 5.74) is 1.09. The van der Waals surface area contributed by atoms with Gasteiger partial charge in [-0.25, -0.2) is 9.18 Å². The lowest BCUT2D eigenvalue weighted by Crippen LogP contribution is -2.37. The first-order valence-corrected chi connectivity index (χ1v) is 8.41. The van der Waals surface area contributed by atoms with Crippen LogP contribution in [0.2, 0.25) is 0 Å². The van der Waals surface area contributed by atoms with Gasteiger partial charge in [0.1, 0.15) is 5.82 Å². The van der Waals surface area contributed by atoms with Crippen molar-refractivity contribution in [1.82, 2.24) is 4.90 Å². The van der Waals surface area contributed by atoms with E-state index in [-0.39, 0.29) is 18.3 Å². The highest BCUT2D eigenvalue weighted by Gasteiger charge is 2.23. The van der Waals surface area contributed by atoms with Gasteiger partial charge in [0.15, 0.2) is 6.10 Å². The van der Waals surface area contributed by atoms with Gasteiger partial charge in [-0.1, -0.05) is 24.3 Å². The molecule has 0 saturated carbocycles. The van der Waals surface area contributed by atoms with E-state index >= 15 is 0 Å². The van der Waals surface area contributed by atoms with E-state index in [9.17, 15) is 14.0 Å². The number of esters is 1. The van der Waals surface area contributed by atoms with Gasteiger partial charge in [0.25, 0.3) is 5.91 Å². The van der Waals surface area contributed by atoms with Crippen LogP contribution >= 0.6 is 22.6 Å². The molecule has 24 heavy (non-hydrogen) atoms. The molecule has 4 nitrogen and oxygen atoms in total. The molecule has 1 amide bonds. The summed E-state index contributed by atoms with van der Waals surface area (Å²) in [6, 6.07) is 13.0. The third-order valence-electron chi connectivity index (χ3n) is 3.41. The minimum absolute atomic E-state index is 0.237. The fourth-order valence-electron chi connectivity index (χ4n) is 2.20. The highest BCUT2D eigenvalue weighted by atomic mass is 127. The van der Waals surface area contributed by atoms with Crippen LogP contribution in [0.15, 0.2) is 48.5 Å². The van der Waals surface area contributed by atoms with E-state index in [2.05, 4.69) is 0 Å². The Labute approximate surface area is 153 Å². The van der Waals surface area contributed by atoms with Crippen molar-refractivity contribution in [3.05, 3.63) is 69.0 Å². The minimum atomic E-state index is -0.924. The lowest BCUT2D eigenvalue weighted by Gasteiger charge is -2.21. The molecule has 0 fully saturated rings. The molecule has 0 aliphatic carbocycles. The standard InChI is InChI=1S/C18H17FINO3/c1-12(24-18(23)15-8-3-4-9-16(15)20)17(22)21(2)11-13-6-5-7-14(19)10-13/h3-10,12H,11H2,1-2H3. The second kappa shape index (κ2) is 8.23. The van der Waals surface area contributed by atoms with E-state index in [0.717, 1.165) is 3.57 Å². The summed E-state index contributed by atoms with van der Waals surface area (Å²) < 4.78 is 19.2. The number of likely N-dealkylation sites (N-methyl/N-ethyl adjacent to an activating group) is 1. The minimum Gasteiger partial charge on any atom is -0.449 e. The summed E-state index contributed by atoms with van der Waals surface area (Å²) >= 11 is 2.04. The SMILES string of the molecule is CC(OC(=O)c1ccccc1I)C(=O)N(C)Cc1cccc(F)c1. The number of hydrogen-bond acceptors (Lipinski definition) is 3. The molecule has 2 rings (SSSR count). The van der Waals surface area contributed by atoms with Crippen LogP contribution in [-0.2, 0) is 16.1 Å². The van der Waals surface area contributed by atoms with Crippen molar-refractivity contribution in [3.63, 3.8) is 0 Å². The Hall–Kier alpha value is -1.96. The molecule has 0 bridgehead atoms. The van der Waals surface area contributed by atoms with E-state index in [1.165, 1.54) is 24.0 Å². The fourth-order valence-corrected chi connectivity index (χ4v) is 2.81. The zero-order chi connectivity index (χ0) is 17.7. The first kappa shape index (κ1) is 18.4. The van der Waals surface area contributed by atoms with Gasteiger partial charge in [0.2, 0.25) is 0 Å². The normalized spacial score (nSPS) is 11.7. The van der Waals surface area contributed by atoms with Crippen molar-refractivity contribution in [2.45, 2.75) is 19.6 Å². The Morgan fingerprint density at radius 3 is 2.58 bits per heavy atom. The highest BCUT2D eigenvalue weighted by molar-refractivity contribution is 14.1. The molecular formula is C18H17FINO3. The van der Waals surface area contributed by atoms with Crippen LogP contribution in [0, 0.1) is 9.39 Å². The molecule has 0 aliphatic heterocycles. The number of amides is 1. The Morgan fingerprint density at radius 1 is 1.21 bits per heavy atom. The van der Waals surface area contributed by atoms with Crippen molar-refractivity contribution in [3.8, 4) is 0 Å². The Morgan fingerprint density at radius 2 is 1.92 bits per heavy atom. The van der Waals surface area contributed by atoms with Crippen molar-refractivity contribution in [2.75, 3.05) is 7.05 Å². The fraction of sp³-hybridized carbons (Fsp3) is 0.222.